The molecule has 1 aliphatic heterocycles. The number of hydrogen-bond donors (Lipinski definition) is 2. The van der Waals surface area contributed by atoms with Gasteiger partial charge in [-0.25, -0.2) is 0 Å². The highest BCUT2D eigenvalue weighted by Gasteiger charge is 2.34. The molecule has 0 amide bonds. The van der Waals surface area contributed by atoms with Crippen molar-refractivity contribution in [3.8, 4) is 0 Å². The van der Waals surface area contributed by atoms with E-state index >= 15 is 0 Å². The molecule has 27 heavy (non-hydrogen) atoms. The summed E-state index contributed by atoms with van der Waals surface area (Å²) in [5, 5.41) is 15.5. The van der Waals surface area contributed by atoms with Crippen LogP contribution in [0, 0.1) is 11.8 Å². The zero-order valence-electron chi connectivity index (χ0n) is 16.0. The predicted molar refractivity (Wildman–Crippen MR) is 114 cm³/mol. The summed E-state index contributed by atoms with van der Waals surface area (Å²) < 4.78 is 0. The number of piperidine rings is 1. The molecule has 1 aromatic carbocycles. The number of likely N-dealkylation sites (tertiary alicyclic amines) is 1. The van der Waals surface area contributed by atoms with Crippen molar-refractivity contribution in [2.45, 2.75) is 58.6 Å². The molecule has 158 valence electrons. The Kier molecular flexibility index (Phi) is 11.1. The van der Waals surface area contributed by atoms with Crippen molar-refractivity contribution in [3.05, 3.63) is 34.9 Å². The molecule has 2 fully saturated rings. The lowest BCUT2D eigenvalue weighted by Gasteiger charge is -2.40. The minimum Gasteiger partial charge on any atom is -0.412 e. The Balaban J connectivity index is 0.00000225. The van der Waals surface area contributed by atoms with Crippen LogP contribution >= 0.6 is 11.6 Å². The lowest BCUT2D eigenvalue weighted by molar-refractivity contribution is -0.0284. The van der Waals surface area contributed by atoms with Crippen molar-refractivity contribution >= 4 is 11.6 Å². The lowest BCUT2D eigenvalue weighted by Crippen LogP contribution is -2.49. The van der Waals surface area contributed by atoms with E-state index in [0.29, 0.717) is 12.0 Å². The van der Waals surface area contributed by atoms with E-state index in [9.17, 15) is 5.11 Å². The number of rotatable bonds is 7. The Morgan fingerprint density at radius 2 is 1.70 bits per heavy atom. The minimum atomic E-state index is -0.699. The summed E-state index contributed by atoms with van der Waals surface area (Å²) >= 11 is 5.97. The van der Waals surface area contributed by atoms with Crippen LogP contribution in [0.4, 0.5) is 0 Å². The van der Waals surface area contributed by atoms with Crippen LogP contribution in [0.5, 0.6) is 0 Å². The molecular weight excluding hydrogens is 364 g/mol. The van der Waals surface area contributed by atoms with Gasteiger partial charge in [-0.15, -0.1) is 0 Å². The van der Waals surface area contributed by atoms with Crippen LogP contribution in [-0.2, 0) is 5.60 Å². The summed E-state index contributed by atoms with van der Waals surface area (Å²) in [5.74, 6) is 1.56. The highest BCUT2D eigenvalue weighted by atomic mass is 35.5. The van der Waals surface area contributed by atoms with E-state index in [2.05, 4.69) is 24.1 Å². The number of halogens is 1. The predicted octanol–water partition coefficient (Wildman–Crippen LogP) is 2.63. The molecule has 3 rings (SSSR count). The molecule has 0 unspecified atom stereocenters. The summed E-state index contributed by atoms with van der Waals surface area (Å²) in [4.78, 5) is 2.51. The highest BCUT2D eigenvalue weighted by molar-refractivity contribution is 6.30. The van der Waals surface area contributed by atoms with Crippen molar-refractivity contribution in [2.75, 3.05) is 26.2 Å². The topological polar surface area (TPSA) is 98.5 Å². The Hall–Kier alpha value is -0.690. The van der Waals surface area contributed by atoms with Crippen LogP contribution in [0.2, 0.25) is 5.02 Å². The number of benzene rings is 1. The lowest BCUT2D eigenvalue weighted by atomic mass is 9.84. The fraction of sp³-hybridized carbons (Fsp3) is 0.714. The molecule has 0 bridgehead atoms. The van der Waals surface area contributed by atoms with Gasteiger partial charge in [0.25, 0.3) is 0 Å². The smallest absolute Gasteiger partial charge is 0.0920 e. The average Bonchev–Trinajstić information content (AvgIpc) is 3.38. The number of hydrogen-bond acceptors (Lipinski definition) is 3. The molecule has 1 heterocycles. The zero-order valence-corrected chi connectivity index (χ0v) is 16.7. The Morgan fingerprint density at radius 3 is 2.19 bits per heavy atom. The van der Waals surface area contributed by atoms with Gasteiger partial charge >= 0.3 is 0 Å². The van der Waals surface area contributed by atoms with Crippen LogP contribution in [0.3, 0.4) is 0 Å². The van der Waals surface area contributed by atoms with Crippen LogP contribution in [0.1, 0.15) is 52.5 Å². The van der Waals surface area contributed by atoms with Gasteiger partial charge in [0.15, 0.2) is 0 Å². The SMILES string of the molecule is C.CC(C)[C@H](CN1CCC(O)(c2ccc(Cl)cc2)CC1)NCC1CC1.O.O. The van der Waals surface area contributed by atoms with Gasteiger partial charge in [-0.1, -0.05) is 45.0 Å². The molecule has 2 aliphatic rings. The number of nitrogens with zero attached hydrogens (tertiary/aromatic N) is 1. The quantitative estimate of drug-likeness (QED) is 0.733. The molecule has 6 heteroatoms. The van der Waals surface area contributed by atoms with Crippen molar-refractivity contribution in [1.82, 2.24) is 10.2 Å². The van der Waals surface area contributed by atoms with Crippen molar-refractivity contribution < 1.29 is 16.1 Å². The maximum Gasteiger partial charge on any atom is 0.0920 e. The maximum absolute atomic E-state index is 11.0. The van der Waals surface area contributed by atoms with E-state index < -0.39 is 5.60 Å². The number of nitrogens with one attached hydrogen (secondary N) is 1. The molecule has 1 saturated carbocycles. The van der Waals surface area contributed by atoms with Crippen molar-refractivity contribution in [1.29, 1.82) is 0 Å². The first-order valence-corrected chi connectivity index (χ1v) is 9.78. The summed E-state index contributed by atoms with van der Waals surface area (Å²) in [5.41, 5.74) is 0.300. The first-order valence-electron chi connectivity index (χ1n) is 9.40. The second-order valence-corrected chi connectivity index (χ2v) is 8.48. The molecule has 5 nitrogen and oxygen atoms in total. The minimum absolute atomic E-state index is 0. The van der Waals surface area contributed by atoms with Crippen LogP contribution < -0.4 is 5.32 Å². The monoisotopic (exact) mass is 402 g/mol. The third kappa shape index (κ3) is 7.33. The Labute approximate surface area is 169 Å². The van der Waals surface area contributed by atoms with Gasteiger partial charge in [-0.05, 0) is 61.8 Å². The average molecular weight is 403 g/mol. The second kappa shape index (κ2) is 11.3. The first kappa shape index (κ1) is 26.3. The molecular formula is C21H39ClN2O3. The van der Waals surface area contributed by atoms with Gasteiger partial charge < -0.3 is 26.3 Å². The van der Waals surface area contributed by atoms with Crippen molar-refractivity contribution in [2.24, 2.45) is 11.8 Å². The third-order valence-corrected chi connectivity index (χ3v) is 5.94. The van der Waals surface area contributed by atoms with Crippen LogP contribution in [-0.4, -0.2) is 53.2 Å². The van der Waals surface area contributed by atoms with Gasteiger partial charge in [0.1, 0.15) is 0 Å². The second-order valence-electron chi connectivity index (χ2n) is 8.04. The van der Waals surface area contributed by atoms with E-state index in [1.54, 1.807) is 0 Å². The van der Waals surface area contributed by atoms with Gasteiger partial charge in [-0.2, -0.15) is 0 Å². The molecule has 1 aliphatic carbocycles. The molecule has 6 N–H and O–H groups in total. The van der Waals surface area contributed by atoms with Gasteiger partial charge in [-0.3, -0.25) is 0 Å². The van der Waals surface area contributed by atoms with Gasteiger partial charge in [0.05, 0.1) is 5.60 Å². The van der Waals surface area contributed by atoms with Crippen molar-refractivity contribution in [3.63, 3.8) is 0 Å². The molecule has 0 aromatic heterocycles. The Bertz CT molecular complexity index is 527. The standard InChI is InChI=1S/C20H31ClN2O.CH4.2H2O/c1-15(2)19(22-13-16-3-4-16)14-23-11-9-20(24,10-12-23)17-5-7-18(21)8-6-17;;;/h5-8,15-16,19,22,24H,3-4,9-14H2,1-2H3;1H4;2*1H2/t19-;;;/m0.../s1. The molecule has 0 spiro atoms. The van der Waals surface area contributed by atoms with E-state index in [4.69, 9.17) is 11.6 Å². The summed E-state index contributed by atoms with van der Waals surface area (Å²) in [6.07, 6.45) is 4.38. The summed E-state index contributed by atoms with van der Waals surface area (Å²) in [6.45, 7) is 8.77. The normalized spacial score (nSPS) is 20.2. The van der Waals surface area contributed by atoms with E-state index in [1.807, 2.05) is 24.3 Å². The maximum atomic E-state index is 11.0. The number of aliphatic hydroxyl groups is 1. The fourth-order valence-corrected chi connectivity index (χ4v) is 3.71. The van der Waals surface area contributed by atoms with Crippen LogP contribution in [0.15, 0.2) is 24.3 Å². The zero-order chi connectivity index (χ0) is 17.2. The van der Waals surface area contributed by atoms with Gasteiger partial charge in [0.2, 0.25) is 0 Å². The van der Waals surface area contributed by atoms with E-state index in [-0.39, 0.29) is 18.4 Å². The molecule has 1 atom stereocenters. The summed E-state index contributed by atoms with van der Waals surface area (Å²) in [6, 6.07) is 8.22. The Morgan fingerprint density at radius 1 is 1.15 bits per heavy atom. The first-order chi connectivity index (χ1) is 11.5. The molecule has 1 saturated heterocycles. The highest BCUT2D eigenvalue weighted by Crippen LogP contribution is 2.33. The molecule has 1 aromatic rings. The van der Waals surface area contributed by atoms with E-state index in [1.165, 1.54) is 19.4 Å². The molecule has 0 radical (unpaired) electrons. The summed E-state index contributed by atoms with van der Waals surface area (Å²) in [7, 11) is 0. The van der Waals surface area contributed by atoms with Gasteiger partial charge in [0, 0.05) is 30.7 Å². The van der Waals surface area contributed by atoms with Crippen LogP contribution in [0.25, 0.3) is 0 Å². The largest absolute Gasteiger partial charge is 0.412 e. The fourth-order valence-electron chi connectivity index (χ4n) is 3.58. The van der Waals surface area contributed by atoms with E-state index in [0.717, 1.165) is 49.0 Å². The third-order valence-electron chi connectivity index (χ3n) is 5.69.